The quantitative estimate of drug-likeness (QED) is 0.550. The zero-order valence-electron chi connectivity index (χ0n) is 15.4. The van der Waals surface area contributed by atoms with Crippen LogP contribution in [0, 0.1) is 5.82 Å². The highest BCUT2D eigenvalue weighted by Gasteiger charge is 2.22. The van der Waals surface area contributed by atoms with Crippen LogP contribution in [0.4, 0.5) is 4.39 Å². The van der Waals surface area contributed by atoms with E-state index < -0.39 is 27.5 Å². The van der Waals surface area contributed by atoms with Crippen LogP contribution < -0.4 is 5.32 Å². The third-order valence-corrected chi connectivity index (χ3v) is 6.30. The van der Waals surface area contributed by atoms with E-state index in [1.165, 1.54) is 12.1 Å². The van der Waals surface area contributed by atoms with Crippen LogP contribution in [0.2, 0.25) is 0 Å². The zero-order valence-corrected chi connectivity index (χ0v) is 17.8. The highest BCUT2D eigenvalue weighted by atomic mass is 79.9. The topological polar surface area (TPSA) is 63.2 Å². The Labute approximate surface area is 177 Å². The Morgan fingerprint density at radius 1 is 0.897 bits per heavy atom. The molecule has 4 nitrogen and oxygen atoms in total. The van der Waals surface area contributed by atoms with Gasteiger partial charge in [0.05, 0.1) is 11.8 Å². The average Bonchev–Trinajstić information content (AvgIpc) is 2.69. The Morgan fingerprint density at radius 3 is 2.10 bits per heavy atom. The second-order valence-electron chi connectivity index (χ2n) is 6.62. The number of nitrogens with one attached hydrogen (secondary N) is 1. The van der Waals surface area contributed by atoms with Crippen molar-refractivity contribution in [3.63, 3.8) is 0 Å². The predicted molar refractivity (Wildman–Crippen MR) is 114 cm³/mol. The first-order valence-corrected chi connectivity index (χ1v) is 11.5. The molecule has 3 aromatic carbocycles. The number of halogens is 2. The maximum absolute atomic E-state index is 13.3. The molecule has 1 amide bonds. The molecule has 0 saturated heterocycles. The lowest BCUT2D eigenvalue weighted by atomic mass is 9.98. The summed E-state index contributed by atoms with van der Waals surface area (Å²) in [5, 5.41) is 2.77. The standard InChI is InChI=1S/C22H19BrFNO3S/c23-19-10-6-16(7-11-19)14-29(27,28)15-21(26)25-22(17-4-2-1-3-5-17)18-8-12-20(24)13-9-18/h1-13,22H,14-15H2,(H,25,26). The second kappa shape index (κ2) is 9.33. The summed E-state index contributed by atoms with van der Waals surface area (Å²) in [7, 11) is -3.65. The fraction of sp³-hybridized carbons (Fsp3) is 0.136. The van der Waals surface area contributed by atoms with Gasteiger partial charge in [0.1, 0.15) is 11.6 Å². The monoisotopic (exact) mass is 475 g/mol. The van der Waals surface area contributed by atoms with Gasteiger partial charge < -0.3 is 5.32 Å². The van der Waals surface area contributed by atoms with Gasteiger partial charge in [-0.1, -0.05) is 70.5 Å². The van der Waals surface area contributed by atoms with Crippen LogP contribution in [-0.4, -0.2) is 20.1 Å². The Balaban J connectivity index is 1.75. The maximum Gasteiger partial charge on any atom is 0.235 e. The number of benzene rings is 3. The van der Waals surface area contributed by atoms with Crippen molar-refractivity contribution in [1.29, 1.82) is 0 Å². The Kier molecular flexibility index (Phi) is 6.82. The van der Waals surface area contributed by atoms with Crippen LogP contribution >= 0.6 is 15.9 Å². The summed E-state index contributed by atoms with van der Waals surface area (Å²) in [6.07, 6.45) is 0. The number of amides is 1. The van der Waals surface area contributed by atoms with Gasteiger partial charge in [-0.05, 0) is 41.0 Å². The number of rotatable bonds is 7. The summed E-state index contributed by atoms with van der Waals surface area (Å²) in [5.74, 6) is -1.85. The van der Waals surface area contributed by atoms with E-state index in [9.17, 15) is 17.6 Å². The normalized spacial score (nSPS) is 12.3. The zero-order chi connectivity index (χ0) is 20.9. The van der Waals surface area contributed by atoms with Crippen molar-refractivity contribution in [2.24, 2.45) is 0 Å². The largest absolute Gasteiger partial charge is 0.344 e. The first-order valence-electron chi connectivity index (χ1n) is 8.87. The average molecular weight is 476 g/mol. The Morgan fingerprint density at radius 2 is 1.48 bits per heavy atom. The number of carbonyl (C=O) groups is 1. The van der Waals surface area contributed by atoms with Gasteiger partial charge in [0.25, 0.3) is 0 Å². The van der Waals surface area contributed by atoms with Crippen LogP contribution in [0.3, 0.4) is 0 Å². The van der Waals surface area contributed by atoms with E-state index in [0.29, 0.717) is 11.1 Å². The van der Waals surface area contributed by atoms with E-state index in [0.717, 1.165) is 10.0 Å². The van der Waals surface area contributed by atoms with Gasteiger partial charge in [0, 0.05) is 4.47 Å². The summed E-state index contributed by atoms with van der Waals surface area (Å²) in [6, 6.07) is 21.2. The van der Waals surface area contributed by atoms with Gasteiger partial charge in [-0.3, -0.25) is 4.79 Å². The van der Waals surface area contributed by atoms with Crippen molar-refractivity contribution in [1.82, 2.24) is 5.32 Å². The van der Waals surface area contributed by atoms with Crippen LogP contribution in [0.1, 0.15) is 22.7 Å². The molecule has 29 heavy (non-hydrogen) atoms. The van der Waals surface area contributed by atoms with Gasteiger partial charge >= 0.3 is 0 Å². The molecule has 0 fully saturated rings. The third-order valence-electron chi connectivity index (χ3n) is 4.29. The smallest absolute Gasteiger partial charge is 0.235 e. The number of sulfone groups is 1. The molecule has 0 aromatic heterocycles. The Bertz CT molecular complexity index is 1070. The minimum Gasteiger partial charge on any atom is -0.344 e. The minimum atomic E-state index is -3.65. The lowest BCUT2D eigenvalue weighted by molar-refractivity contribution is -0.119. The first-order chi connectivity index (χ1) is 13.8. The van der Waals surface area contributed by atoms with E-state index in [1.54, 1.807) is 36.4 Å². The van der Waals surface area contributed by atoms with Crippen molar-refractivity contribution in [2.75, 3.05) is 5.75 Å². The summed E-state index contributed by atoms with van der Waals surface area (Å²) in [6.45, 7) is 0. The highest BCUT2D eigenvalue weighted by Crippen LogP contribution is 2.22. The van der Waals surface area contributed by atoms with E-state index in [4.69, 9.17) is 0 Å². The number of hydrogen-bond acceptors (Lipinski definition) is 3. The summed E-state index contributed by atoms with van der Waals surface area (Å²) >= 11 is 3.30. The van der Waals surface area contributed by atoms with Crippen molar-refractivity contribution in [3.05, 3.63) is 106 Å². The molecule has 1 atom stereocenters. The molecule has 0 aliphatic heterocycles. The maximum atomic E-state index is 13.3. The van der Waals surface area contributed by atoms with Crippen LogP contribution in [0.5, 0.6) is 0 Å². The molecule has 0 heterocycles. The van der Waals surface area contributed by atoms with Gasteiger partial charge in [0.15, 0.2) is 9.84 Å². The molecular formula is C22H19BrFNO3S. The molecule has 150 valence electrons. The van der Waals surface area contributed by atoms with E-state index in [-0.39, 0.29) is 11.6 Å². The molecule has 0 radical (unpaired) electrons. The molecule has 1 N–H and O–H groups in total. The summed E-state index contributed by atoms with van der Waals surface area (Å²) < 4.78 is 39.1. The summed E-state index contributed by atoms with van der Waals surface area (Å²) in [5.41, 5.74) is 2.05. The fourth-order valence-electron chi connectivity index (χ4n) is 2.95. The lowest BCUT2D eigenvalue weighted by Crippen LogP contribution is -2.34. The van der Waals surface area contributed by atoms with Crippen molar-refractivity contribution in [2.45, 2.75) is 11.8 Å². The first kappa shape index (κ1) is 21.2. The Hall–Kier alpha value is -2.51. The predicted octanol–water partition coefficient (Wildman–Crippen LogP) is 4.41. The molecule has 3 aromatic rings. The molecular weight excluding hydrogens is 457 g/mol. The van der Waals surface area contributed by atoms with E-state index in [2.05, 4.69) is 21.2 Å². The minimum absolute atomic E-state index is 0.222. The molecule has 7 heteroatoms. The summed E-state index contributed by atoms with van der Waals surface area (Å²) in [4.78, 5) is 12.6. The van der Waals surface area contributed by atoms with E-state index in [1.807, 2.05) is 30.3 Å². The number of carbonyl (C=O) groups excluding carboxylic acids is 1. The van der Waals surface area contributed by atoms with Crippen LogP contribution in [0.25, 0.3) is 0 Å². The van der Waals surface area contributed by atoms with Crippen LogP contribution in [-0.2, 0) is 20.4 Å². The molecule has 0 spiro atoms. The van der Waals surface area contributed by atoms with E-state index >= 15 is 0 Å². The third kappa shape index (κ3) is 6.24. The molecule has 0 bridgehead atoms. The SMILES string of the molecule is O=C(CS(=O)(=O)Cc1ccc(Br)cc1)NC(c1ccccc1)c1ccc(F)cc1. The molecule has 1 unspecified atom stereocenters. The van der Waals surface area contributed by atoms with Crippen molar-refractivity contribution in [3.8, 4) is 0 Å². The fourth-order valence-corrected chi connectivity index (χ4v) is 4.50. The second-order valence-corrected chi connectivity index (χ2v) is 9.60. The van der Waals surface area contributed by atoms with Crippen LogP contribution in [0.15, 0.2) is 83.3 Å². The number of hydrogen-bond donors (Lipinski definition) is 1. The van der Waals surface area contributed by atoms with Crippen molar-refractivity contribution >= 4 is 31.7 Å². The van der Waals surface area contributed by atoms with Gasteiger partial charge in [-0.25, -0.2) is 12.8 Å². The highest BCUT2D eigenvalue weighted by molar-refractivity contribution is 9.10. The van der Waals surface area contributed by atoms with Gasteiger partial charge in [-0.15, -0.1) is 0 Å². The lowest BCUT2D eigenvalue weighted by Gasteiger charge is -2.20. The molecule has 3 rings (SSSR count). The van der Waals surface area contributed by atoms with Gasteiger partial charge in [-0.2, -0.15) is 0 Å². The van der Waals surface area contributed by atoms with Gasteiger partial charge in [0.2, 0.25) is 5.91 Å². The molecule has 0 saturated carbocycles. The van der Waals surface area contributed by atoms with Crippen molar-refractivity contribution < 1.29 is 17.6 Å². The molecule has 0 aliphatic carbocycles. The molecule has 0 aliphatic rings.